The van der Waals surface area contributed by atoms with Crippen molar-refractivity contribution in [2.24, 2.45) is 11.7 Å². The summed E-state index contributed by atoms with van der Waals surface area (Å²) >= 11 is 29.0. The maximum Gasteiger partial charge on any atom is 1.00 e. The molecule has 1 unspecified atom stereocenters. The van der Waals surface area contributed by atoms with E-state index in [-0.39, 0.29) is 197 Å². The first-order valence-corrected chi connectivity index (χ1v) is 59.5. The SMILES string of the molecule is C=C(CCl)OCOC.CC(=O)CC1CCCCC1=O.CCOC(=O)CN.CCOC(=O)Cn1c(C)c(C(=O)c2ccc(S(=O)(=O)N3CCCC3)cc2)c2c1CCCC2.CCOC(=O)Cn1c(C)cc2c1CCCC2.C[CH2][Al]([Cl])[CH2]C.Cc1c(C(=O)c2ccc(S(=O)(=O)N3CCCC3)cc2)c2c(n1CC(=O)O)CCCC2.Cl.ClCCl.ClCCl.O=C(Cl)c1ccc(S(=O)(=O)N2CCCC2)cc1.O=C1CCCCC1.O=CO[O-].[H-].[Li+].[Na+].[Na+].[OH-]. The number of carbonyl (C=O) groups excluding carboxylic acids is 10. The number of halogens is 8. The van der Waals surface area contributed by atoms with Crippen molar-refractivity contribution in [3.05, 3.63) is 170 Å². The molecule has 0 spiro atoms. The molecule has 3 saturated heterocycles. The van der Waals surface area contributed by atoms with Gasteiger partial charge in [-0.25, -0.2) is 25.3 Å². The summed E-state index contributed by atoms with van der Waals surface area (Å²) in [5.41, 5.74) is 16.6. The van der Waals surface area contributed by atoms with Crippen molar-refractivity contribution in [1.29, 1.82) is 0 Å². The van der Waals surface area contributed by atoms with Crippen LogP contribution < -0.4 is 89.0 Å². The van der Waals surface area contributed by atoms with Crippen molar-refractivity contribution in [2.45, 2.75) is 287 Å². The normalized spacial score (nSPS) is 15.1. The van der Waals surface area contributed by atoms with Gasteiger partial charge in [0.15, 0.2) is 18.4 Å². The molecule has 149 heavy (non-hydrogen) atoms. The number of carboxylic acid groups (broad SMARTS) is 1. The minimum Gasteiger partial charge on any atom is -1.00 e. The summed E-state index contributed by atoms with van der Waals surface area (Å²) < 4.78 is 109. The van der Waals surface area contributed by atoms with Crippen LogP contribution in [0, 0.1) is 26.7 Å². The monoisotopic (exact) mass is 2330 g/mol. The van der Waals surface area contributed by atoms with Gasteiger partial charge >= 0.3 is 115 Å². The Kier molecular flexibility index (Phi) is 81.7. The molecule has 4 N–H and O–H groups in total. The summed E-state index contributed by atoms with van der Waals surface area (Å²) in [4.78, 5) is 127. The predicted octanol–water partition coefficient (Wildman–Crippen LogP) is 9.13. The number of fused-ring (bicyclic) bond motifs is 3. The number of nitrogens with two attached hydrogens (primary N) is 1. The van der Waals surface area contributed by atoms with Crippen LogP contribution in [-0.2, 0) is 155 Å². The van der Waals surface area contributed by atoms with E-state index in [0.717, 1.165) is 176 Å². The smallest absolute Gasteiger partial charge is 1.00 e. The van der Waals surface area contributed by atoms with Gasteiger partial charge in [-0.2, -0.15) is 12.9 Å². The van der Waals surface area contributed by atoms with E-state index in [1.807, 2.05) is 18.4 Å². The number of esters is 3. The van der Waals surface area contributed by atoms with Crippen LogP contribution in [0.15, 0.2) is 106 Å². The number of aliphatic carboxylic acids is 1. The van der Waals surface area contributed by atoms with Crippen molar-refractivity contribution in [2.75, 3.05) is 96.1 Å². The predicted molar refractivity (Wildman–Crippen MR) is 571 cm³/mol. The molecule has 3 aromatic heterocycles. The molecule has 1 atom stereocenters. The molecule has 0 amide bonds. The molecule has 33 nitrogen and oxygen atoms in total. The molecule has 0 bridgehead atoms. The first-order valence-electron chi connectivity index (χ1n) is 48.7. The molecule has 822 valence electrons. The number of hydrogen-bond donors (Lipinski definition) is 2. The Balaban J connectivity index is -0.000000829. The maximum atomic E-state index is 13.5. The second-order valence-corrected chi connectivity index (χ2v) is 46.9. The Morgan fingerprint density at radius 2 is 0.859 bits per heavy atom. The van der Waals surface area contributed by atoms with E-state index in [1.165, 1.54) is 108 Å². The molecular weight excluding hydrogens is 2190 g/mol. The van der Waals surface area contributed by atoms with Crippen molar-refractivity contribution in [3.63, 3.8) is 0 Å². The maximum absolute atomic E-state index is 13.5. The molecular formula is C101H147AlCl8LiN7Na2O26S3. The third-order valence-electron chi connectivity index (χ3n) is 24.2. The number of rotatable bonds is 30. The van der Waals surface area contributed by atoms with Gasteiger partial charge in [-0.3, -0.25) is 58.0 Å². The summed E-state index contributed by atoms with van der Waals surface area (Å²) in [6.45, 7) is 25.3. The number of methoxy groups -OCH3 is 1. The molecule has 5 fully saturated rings. The van der Waals surface area contributed by atoms with Crippen molar-refractivity contribution >= 4 is 200 Å². The second-order valence-electron chi connectivity index (χ2n) is 34.2. The van der Waals surface area contributed by atoms with E-state index in [0.29, 0.717) is 135 Å². The third kappa shape index (κ3) is 51.3. The Hall–Kier alpha value is -4.57. The number of ether oxygens (including phenoxy) is 5. The molecule has 48 heteroatoms. The van der Waals surface area contributed by atoms with Crippen LogP contribution in [0.1, 0.15) is 277 Å². The number of carbonyl (C=O) groups is 11. The van der Waals surface area contributed by atoms with Gasteiger partial charge in [-0.15, -0.1) is 70.4 Å². The first kappa shape index (κ1) is 149. The van der Waals surface area contributed by atoms with Crippen molar-refractivity contribution < 1.29 is 202 Å². The van der Waals surface area contributed by atoms with Gasteiger partial charge in [0.1, 0.15) is 42.7 Å². The summed E-state index contributed by atoms with van der Waals surface area (Å²) in [7, 11) is -3.11. The fraction of sp³-hybridized carbons (Fsp3) is 0.574. The number of aryl methyl sites for hydroxylation is 2. The minimum atomic E-state index is -3.53. The van der Waals surface area contributed by atoms with Crippen molar-refractivity contribution in [1.82, 2.24) is 26.6 Å². The number of hydrogen-bond acceptors (Lipinski definition) is 26. The van der Waals surface area contributed by atoms with E-state index in [2.05, 4.69) is 52.3 Å². The number of alkyl halides is 5. The molecule has 6 aromatic rings. The number of ketones is 5. The Labute approximate surface area is 982 Å². The molecule has 14 rings (SSSR count). The third-order valence-corrected chi connectivity index (χ3v) is 34.1. The standard InChI is InChI=1S/C24H30N2O5S.C22H26N2O5S.C13H19NO2.C11H12ClNO3S.C9H14O2.C6H10O.C5H9ClO2.C4H9NO2.2C2H5.2CH2Cl2.CH2O3.Al.2ClH.Li.2Na.H2O.H/c1-3-31-22(27)16-26-17(2)23(20-8-4-5-9-21(20)26)24(28)18-10-12-19(13-11-18)32(29,30)25-14-6-7-15-25;1-15-21(18-6-2-3-7-19(18)24(15)14-20(25)26)22(27)16-8-10-17(11-9-16)30(28,29)23-12-4-5-13-23;1-3-16-13(15)9-14-10(2)8-11-6-4-5-7-12(11)14;12-11(14)9-3-5-10(6-4-9)17(15,16)13-7-1-2-8-13;1-7(10)6-8-4-2-3-5-9(8)11;7-6-4-2-1-3-5-6;1-5(3-6)8-4-7-2;1-2-7-4(6)3-5;2*1-2;2*2-1-3;2-1-4-3;;;;;;;;/h10-13H,3-9,14-16H2,1-2H3;8-11H,2-7,12-14H2,1H3,(H,25,26);8H,3-7,9H2,1-2H3;3-6H,1-2,7-8H2;8H,2-6H2,1H3;1-5H2;1,3-4H2,2H3;2-3,5H2,1H3;2*1H2,2H3;2*1H2;1,3H;;2*1H;;;;1H2;/q;;;;;;;;;;;;;+1;;;3*+1;;-1/p-3. The van der Waals surface area contributed by atoms with Gasteiger partial charge in [0.25, 0.3) is 11.7 Å². The van der Waals surface area contributed by atoms with Crippen LogP contribution in [0.4, 0.5) is 0 Å². The van der Waals surface area contributed by atoms with E-state index in [9.17, 15) is 78.3 Å². The van der Waals surface area contributed by atoms with Gasteiger partial charge in [-0.1, -0.05) is 43.8 Å². The number of Topliss-reactive ketones (excluding diaryl/α,β-unsaturated/α-hetero) is 3. The molecule has 2 saturated carbocycles. The molecule has 3 aromatic carbocycles. The Morgan fingerprint density at radius 1 is 0.517 bits per heavy atom. The first-order chi connectivity index (χ1) is 68.6. The summed E-state index contributed by atoms with van der Waals surface area (Å²) in [5, 5.41) is 20.0. The fourth-order valence-electron chi connectivity index (χ4n) is 17.1. The number of benzene rings is 3. The van der Waals surface area contributed by atoms with Crippen LogP contribution in [0.3, 0.4) is 0 Å². The van der Waals surface area contributed by atoms with E-state index < -0.39 is 54.5 Å². The molecule has 8 aliphatic rings. The molecule has 0 radical (unpaired) electrons. The van der Waals surface area contributed by atoms with Crippen LogP contribution in [0.5, 0.6) is 0 Å². The Morgan fingerprint density at radius 3 is 1.17 bits per heavy atom. The summed E-state index contributed by atoms with van der Waals surface area (Å²) in [6, 6.07) is 20.3. The van der Waals surface area contributed by atoms with Crippen LogP contribution in [0.25, 0.3) is 0 Å². The number of carboxylic acids is 1. The number of sulfonamides is 3. The Bertz CT molecular complexity index is 5410. The van der Waals surface area contributed by atoms with E-state index in [4.69, 9.17) is 110 Å². The van der Waals surface area contributed by atoms with Gasteiger partial charge < -0.3 is 70.1 Å². The topological polar surface area (TPSA) is 469 Å². The zero-order valence-electron chi connectivity index (χ0n) is 89.4. The quantitative estimate of drug-likeness (QED) is 0.00362. The zero-order chi connectivity index (χ0) is 108. The zero-order valence-corrected chi connectivity index (χ0v) is 102. The van der Waals surface area contributed by atoms with Gasteiger partial charge in [-0.05, 0) is 297 Å². The van der Waals surface area contributed by atoms with Gasteiger partial charge in [0.2, 0.25) is 30.1 Å². The largest absolute Gasteiger partial charge is 1.00 e. The average molecular weight is 2340 g/mol. The number of allylic oxidation sites excluding steroid dienone is 1. The molecule has 6 heterocycles. The summed E-state index contributed by atoms with van der Waals surface area (Å²) in [5.74, 6) is -0.210. The number of aromatic nitrogens is 3. The van der Waals surface area contributed by atoms with E-state index >= 15 is 0 Å². The molecule has 3 aliphatic heterocycles. The molecule has 5 aliphatic carbocycles. The minimum absolute atomic E-state index is 0. The van der Waals surface area contributed by atoms with Crippen molar-refractivity contribution in [3.8, 4) is 0 Å². The van der Waals surface area contributed by atoms with Crippen LogP contribution in [-0.4, -0.2) is 236 Å². The number of nitrogens with zero attached hydrogens (tertiary/aromatic N) is 6. The van der Waals surface area contributed by atoms with E-state index in [1.54, 1.807) is 63.6 Å². The van der Waals surface area contributed by atoms with Gasteiger partial charge in [0, 0.05) is 140 Å². The van der Waals surface area contributed by atoms with Crippen LogP contribution in [0.2, 0.25) is 10.6 Å². The average Bonchev–Trinajstić information content (AvgIpc) is 1.61. The van der Waals surface area contributed by atoms with Crippen LogP contribution >= 0.6 is 92.1 Å². The summed E-state index contributed by atoms with van der Waals surface area (Å²) in [6.07, 6.45) is 26.7. The van der Waals surface area contributed by atoms with Gasteiger partial charge in [0.05, 0.1) is 57.6 Å². The second kappa shape index (κ2) is 81.9. The fourth-order valence-corrected chi connectivity index (χ4v) is 22.4.